The maximum Gasteiger partial charge on any atom is 0.233 e. The van der Waals surface area contributed by atoms with Crippen molar-refractivity contribution in [3.05, 3.63) is 180 Å². The Hall–Kier alpha value is -7.22. The summed E-state index contributed by atoms with van der Waals surface area (Å²) in [6, 6.07) is 40.8. The predicted octanol–water partition coefficient (Wildman–Crippen LogP) is 4.00. The minimum Gasteiger partial charge on any atom is -0.394 e. The molecule has 474 valence electrons. The highest BCUT2D eigenvalue weighted by Crippen LogP contribution is 2.36. The Balaban J connectivity index is 0.000000200. The fourth-order valence-corrected chi connectivity index (χ4v) is 13.1. The summed E-state index contributed by atoms with van der Waals surface area (Å²) in [7, 11) is -7.44. The average Bonchev–Trinajstić information content (AvgIpc) is 3.46. The number of ether oxygens (including phenoxy) is 2. The van der Waals surface area contributed by atoms with Gasteiger partial charge in [0.1, 0.15) is 48.3 Å². The minimum absolute atomic E-state index is 0.0410. The molecule has 25 nitrogen and oxygen atoms in total. The van der Waals surface area contributed by atoms with Gasteiger partial charge in [0.15, 0.2) is 46.4 Å². The molecule has 2 aliphatic heterocycles. The first-order valence-electron chi connectivity index (χ1n) is 29.7. The van der Waals surface area contributed by atoms with Crippen LogP contribution in [0.1, 0.15) is 97.7 Å². The van der Waals surface area contributed by atoms with E-state index in [0.717, 1.165) is 40.5 Å². The summed E-state index contributed by atoms with van der Waals surface area (Å²) in [5.74, 6) is 0.919. The van der Waals surface area contributed by atoms with E-state index in [0.29, 0.717) is 48.3 Å². The number of aliphatic hydroxyl groups is 6. The van der Waals surface area contributed by atoms with Crippen LogP contribution in [0.3, 0.4) is 0 Å². The van der Waals surface area contributed by atoms with Crippen LogP contribution in [0.5, 0.6) is 0 Å². The molecule has 0 bridgehead atoms. The second kappa shape index (κ2) is 29.2. The molecule has 0 amide bonds. The van der Waals surface area contributed by atoms with Crippen molar-refractivity contribution in [2.24, 2.45) is 0 Å². The van der Waals surface area contributed by atoms with Gasteiger partial charge < -0.3 is 50.7 Å². The van der Waals surface area contributed by atoms with Crippen molar-refractivity contribution in [1.29, 1.82) is 0 Å². The van der Waals surface area contributed by atoms with Crippen molar-refractivity contribution in [2.45, 2.75) is 126 Å². The van der Waals surface area contributed by atoms with Crippen LogP contribution in [0.25, 0.3) is 22.3 Å². The zero-order valence-corrected chi connectivity index (χ0v) is 51.0. The number of imidazole rings is 2. The van der Waals surface area contributed by atoms with E-state index in [1.54, 1.807) is 0 Å². The molecule has 11 rings (SSSR count). The zero-order valence-electron chi connectivity index (χ0n) is 49.4. The summed E-state index contributed by atoms with van der Waals surface area (Å²) in [5, 5.41) is 68.9. The third-order valence-corrected chi connectivity index (χ3v) is 18.7. The molecule has 1 aliphatic carbocycles. The summed E-state index contributed by atoms with van der Waals surface area (Å²) >= 11 is 0. The summed E-state index contributed by atoms with van der Waals surface area (Å²) in [5.41, 5.74) is 5.64. The number of anilines is 2. The molecule has 8 aromatic rings. The number of rotatable bonds is 26. The Kier molecular flexibility index (Phi) is 21.2. The lowest BCUT2D eigenvalue weighted by molar-refractivity contribution is -0.0511. The molecular formula is C62H77N13O12S2. The smallest absolute Gasteiger partial charge is 0.233 e. The lowest BCUT2D eigenvalue weighted by atomic mass is 9.91. The third kappa shape index (κ3) is 15.3. The number of nitrogens with zero attached hydrogens (tertiary/aromatic N) is 9. The Bertz CT molecular complexity index is 3750. The maximum absolute atomic E-state index is 13.3. The molecule has 1 saturated carbocycles. The topological polar surface area (TPSA) is 347 Å². The molecule has 4 aromatic heterocycles. The second-order valence-electron chi connectivity index (χ2n) is 22.5. The van der Waals surface area contributed by atoms with Gasteiger partial charge in [-0.1, -0.05) is 141 Å². The molecule has 27 heteroatoms. The molecule has 89 heavy (non-hydrogen) atoms. The third-order valence-electron chi connectivity index (χ3n) is 16.4. The van der Waals surface area contributed by atoms with Crippen LogP contribution in [0.15, 0.2) is 146 Å². The van der Waals surface area contributed by atoms with Crippen molar-refractivity contribution in [1.82, 2.24) is 53.4 Å². The number of aliphatic hydroxyl groups excluding tert-OH is 6. The number of hydrogen-bond donors (Lipinski definition) is 10. The number of aromatic nitrogens is 8. The lowest BCUT2D eigenvalue weighted by Crippen LogP contribution is -2.43. The van der Waals surface area contributed by atoms with E-state index in [1.165, 1.54) is 34.6 Å². The van der Waals surface area contributed by atoms with Crippen LogP contribution in [-0.4, -0.2) is 179 Å². The first-order valence-corrected chi connectivity index (χ1v) is 32.9. The fourth-order valence-electron chi connectivity index (χ4n) is 11.7. The highest BCUT2D eigenvalue weighted by atomic mass is 32.2. The van der Waals surface area contributed by atoms with Crippen molar-refractivity contribution in [3.63, 3.8) is 0 Å². The molecule has 0 unspecified atom stereocenters. The van der Waals surface area contributed by atoms with E-state index in [4.69, 9.17) is 14.5 Å². The van der Waals surface area contributed by atoms with Gasteiger partial charge in [0, 0.05) is 49.0 Å². The molecular weight excluding hydrogens is 1180 g/mol. The average molecular weight is 1260 g/mol. The normalized spacial score (nSPS) is 21.6. The highest BCUT2D eigenvalue weighted by molar-refractivity contribution is 7.92. The van der Waals surface area contributed by atoms with E-state index in [2.05, 4.69) is 94.6 Å². The molecule has 4 aromatic carbocycles. The number of benzene rings is 4. The molecule has 8 atom stereocenters. The van der Waals surface area contributed by atoms with E-state index in [1.807, 2.05) is 97.1 Å². The number of sulfonamides is 2. The van der Waals surface area contributed by atoms with Crippen LogP contribution in [0.4, 0.5) is 11.6 Å². The van der Waals surface area contributed by atoms with Gasteiger partial charge in [-0.2, -0.15) is 0 Å². The zero-order chi connectivity index (χ0) is 62.8. The van der Waals surface area contributed by atoms with Gasteiger partial charge in [-0.15, -0.1) is 0 Å². The largest absolute Gasteiger partial charge is 0.394 e. The monoisotopic (exact) mass is 1260 g/mol. The summed E-state index contributed by atoms with van der Waals surface area (Å²) < 4.78 is 70.0. The van der Waals surface area contributed by atoms with Crippen molar-refractivity contribution in [3.8, 4) is 0 Å². The van der Waals surface area contributed by atoms with Crippen LogP contribution in [-0.2, 0) is 42.6 Å². The minimum atomic E-state index is -3.76. The Morgan fingerprint density at radius 3 is 1.35 bits per heavy atom. The Morgan fingerprint density at radius 2 is 0.989 bits per heavy atom. The predicted molar refractivity (Wildman–Crippen MR) is 334 cm³/mol. The summed E-state index contributed by atoms with van der Waals surface area (Å²) in [6.45, 7) is 7.44. The first-order chi connectivity index (χ1) is 43.0. The number of hydrogen-bond acceptors (Lipinski definition) is 21. The molecule has 0 radical (unpaired) electrons. The molecule has 0 spiro atoms. The molecule has 3 fully saturated rings. The van der Waals surface area contributed by atoms with Crippen molar-refractivity contribution in [2.75, 3.05) is 49.2 Å². The van der Waals surface area contributed by atoms with Gasteiger partial charge >= 0.3 is 0 Å². The lowest BCUT2D eigenvalue weighted by Gasteiger charge is -2.32. The van der Waals surface area contributed by atoms with Gasteiger partial charge in [0.05, 0.1) is 44.7 Å². The van der Waals surface area contributed by atoms with Gasteiger partial charge in [-0.05, 0) is 48.9 Å². The quantitative estimate of drug-likeness (QED) is 0.0366. The van der Waals surface area contributed by atoms with Crippen molar-refractivity contribution < 1.29 is 56.9 Å². The Morgan fingerprint density at radius 1 is 0.596 bits per heavy atom. The molecule has 6 heterocycles. The van der Waals surface area contributed by atoms with Crippen molar-refractivity contribution >= 4 is 54.0 Å². The van der Waals surface area contributed by atoms with E-state index < -0.39 is 82.3 Å². The Labute approximate surface area is 516 Å². The van der Waals surface area contributed by atoms with E-state index >= 15 is 0 Å². The number of nitrogens with one attached hydrogen (secondary N) is 4. The van der Waals surface area contributed by atoms with Crippen LogP contribution in [0, 0.1) is 0 Å². The van der Waals surface area contributed by atoms with E-state index in [9.17, 15) is 47.5 Å². The van der Waals surface area contributed by atoms with E-state index in [-0.39, 0.29) is 59.7 Å². The first kappa shape index (κ1) is 64.8. The summed E-state index contributed by atoms with van der Waals surface area (Å²) in [6.07, 6.45) is -2.13. The standard InChI is InChI=1S/C35H47N7O6S.C27H30N6O6S/c1-23(2)41(26-15-9-10-16-26)17-18-49(46,47)38-20-29-39-33(36-19-27(24-11-5-3-6-12-24)25-13-7-4-8-14-25)30-34(40-29)42(22-37-30)35-32(45)31(44)28(21-43)48-35;1-2-40(37,38)30-14-21-31-25(28-13-19(17-9-5-3-6-10-17)18-11-7-4-8-12-18)22-26(32-21)33(16-29-22)27-24(36)23(35)20(15-34)39-27/h3-8,11-14,22-23,26-28,31-32,35,38,43-45H,9-10,15-21H2,1-2H3,(H,36,39,40);2-12,16,19-20,23-24,27,30,34-36H,1,13-15H2,(H,28,31,32)/t28-,31-,32-,35-;20-,23-,24-,27-/m11/s1. The SMILES string of the molecule is C=CS(=O)(=O)NCc1nc(NCC(c2ccccc2)c2ccccc2)c2ncn([C@@H]3O[C@H](CO)[C@@H](O)[C@H]3O)c2n1.CC(C)N(CCS(=O)(=O)NCc1nc(NCC(c2ccccc2)c2ccccc2)c2ncn([C@@H]3O[C@H](CO)[C@@H](O)[C@H]3O)c2n1)C1CCCC1. The maximum atomic E-state index is 13.3. The van der Waals surface area contributed by atoms with Gasteiger partial charge in [-0.25, -0.2) is 56.2 Å². The van der Waals surface area contributed by atoms with Gasteiger partial charge in [0.25, 0.3) is 0 Å². The van der Waals surface area contributed by atoms with Crippen LogP contribution < -0.4 is 20.1 Å². The van der Waals surface area contributed by atoms with Gasteiger partial charge in [-0.3, -0.25) is 14.0 Å². The second-order valence-corrected chi connectivity index (χ2v) is 26.2. The van der Waals surface area contributed by atoms with Crippen LogP contribution >= 0.6 is 0 Å². The fraction of sp³-hybridized carbons (Fsp3) is 0.419. The molecule has 3 aliphatic rings. The van der Waals surface area contributed by atoms with Gasteiger partial charge in [0.2, 0.25) is 20.0 Å². The molecule has 2 saturated heterocycles. The summed E-state index contributed by atoms with van der Waals surface area (Å²) in [4.78, 5) is 29.7. The van der Waals surface area contributed by atoms with Crippen LogP contribution in [0.2, 0.25) is 0 Å². The number of fused-ring (bicyclic) bond motifs is 2. The molecule has 10 N–H and O–H groups in total. The highest BCUT2D eigenvalue weighted by Gasteiger charge is 2.45.